The van der Waals surface area contributed by atoms with E-state index in [9.17, 15) is 0 Å². The molecule has 4 saturated heterocycles. The third-order valence-electron chi connectivity index (χ3n) is 7.02. The molecule has 0 spiro atoms. The summed E-state index contributed by atoms with van der Waals surface area (Å²) in [5.74, 6) is 0. The summed E-state index contributed by atoms with van der Waals surface area (Å²) in [6.45, 7) is 6.53. The lowest BCUT2D eigenvalue weighted by Crippen LogP contribution is -2.64. The molecule has 0 N–H and O–H groups in total. The monoisotopic (exact) mass is 291 g/mol. The summed E-state index contributed by atoms with van der Waals surface area (Å²) in [7, 11) is 2.38. The van der Waals surface area contributed by atoms with Gasteiger partial charge in [-0.05, 0) is 59.0 Å². The van der Waals surface area contributed by atoms with Gasteiger partial charge in [0.25, 0.3) is 0 Å². The zero-order valence-electron chi connectivity index (χ0n) is 14.0. The van der Waals surface area contributed by atoms with E-state index >= 15 is 0 Å². The van der Waals surface area contributed by atoms with Gasteiger partial charge in [-0.2, -0.15) is 0 Å². The summed E-state index contributed by atoms with van der Waals surface area (Å²) in [6.07, 6.45) is 11.6. The molecule has 0 saturated carbocycles. The van der Waals surface area contributed by atoms with Crippen molar-refractivity contribution in [1.82, 2.24) is 14.7 Å². The van der Waals surface area contributed by atoms with E-state index in [0.717, 1.165) is 30.2 Å². The number of piperidine rings is 3. The topological polar surface area (TPSA) is 9.72 Å². The molecule has 4 unspecified atom stereocenters. The molecule has 3 heteroatoms. The van der Waals surface area contributed by atoms with E-state index in [-0.39, 0.29) is 0 Å². The largest absolute Gasteiger partial charge is 0.300 e. The lowest BCUT2D eigenvalue weighted by molar-refractivity contribution is -0.0508. The van der Waals surface area contributed by atoms with Gasteiger partial charge in [-0.15, -0.1) is 0 Å². The molecule has 0 aliphatic carbocycles. The molecule has 4 fully saturated rings. The molecule has 120 valence electrons. The molecule has 2 bridgehead atoms. The third-order valence-corrected chi connectivity index (χ3v) is 7.02. The molecule has 0 radical (unpaired) electrons. The van der Waals surface area contributed by atoms with Crippen molar-refractivity contribution in [2.75, 3.05) is 26.7 Å². The van der Waals surface area contributed by atoms with Gasteiger partial charge in [0.05, 0.1) is 0 Å². The van der Waals surface area contributed by atoms with Crippen LogP contribution >= 0.6 is 0 Å². The zero-order valence-corrected chi connectivity index (χ0v) is 14.0. The van der Waals surface area contributed by atoms with E-state index in [1.54, 1.807) is 0 Å². The van der Waals surface area contributed by atoms with E-state index in [0.29, 0.717) is 0 Å². The summed E-state index contributed by atoms with van der Waals surface area (Å²) >= 11 is 0. The predicted molar refractivity (Wildman–Crippen MR) is 87.6 cm³/mol. The summed E-state index contributed by atoms with van der Waals surface area (Å²) in [5.41, 5.74) is 0. The first kappa shape index (κ1) is 14.5. The molecule has 0 aromatic rings. The molecule has 4 heterocycles. The number of piperazine rings is 1. The summed E-state index contributed by atoms with van der Waals surface area (Å²) in [4.78, 5) is 8.42. The van der Waals surface area contributed by atoms with Crippen LogP contribution in [-0.2, 0) is 0 Å². The molecular weight excluding hydrogens is 258 g/mol. The Labute approximate surface area is 130 Å². The van der Waals surface area contributed by atoms with Crippen molar-refractivity contribution in [3.05, 3.63) is 0 Å². The molecule has 21 heavy (non-hydrogen) atoms. The molecule has 4 atom stereocenters. The van der Waals surface area contributed by atoms with Crippen LogP contribution in [0.1, 0.15) is 58.3 Å². The van der Waals surface area contributed by atoms with Gasteiger partial charge in [0.1, 0.15) is 0 Å². The minimum Gasteiger partial charge on any atom is -0.300 e. The van der Waals surface area contributed by atoms with E-state index < -0.39 is 0 Å². The van der Waals surface area contributed by atoms with Crippen LogP contribution in [0.15, 0.2) is 0 Å². The molecule has 0 amide bonds. The Balaban J connectivity index is 1.46. The average molecular weight is 291 g/mol. The molecule has 0 aromatic carbocycles. The maximum atomic E-state index is 2.92. The molecule has 4 aliphatic heterocycles. The Morgan fingerprint density at radius 1 is 0.762 bits per heavy atom. The van der Waals surface area contributed by atoms with Gasteiger partial charge in [0, 0.05) is 43.3 Å². The number of hydrogen-bond acceptors (Lipinski definition) is 3. The van der Waals surface area contributed by atoms with Crippen molar-refractivity contribution >= 4 is 0 Å². The van der Waals surface area contributed by atoms with E-state index in [4.69, 9.17) is 0 Å². The molecule has 4 aliphatic rings. The minimum atomic E-state index is 0.772. The van der Waals surface area contributed by atoms with Crippen LogP contribution < -0.4 is 0 Å². The quantitative estimate of drug-likeness (QED) is 0.735. The lowest BCUT2D eigenvalue weighted by Gasteiger charge is -2.55. The summed E-state index contributed by atoms with van der Waals surface area (Å²) in [5, 5.41) is 0. The second-order valence-corrected chi connectivity index (χ2v) is 8.22. The maximum absolute atomic E-state index is 2.92. The SMILES string of the molecule is CC1CN2CCCCC2CN1C1CC2CCCC(C1)N2C. The first-order chi connectivity index (χ1) is 10.2. The Morgan fingerprint density at radius 2 is 1.48 bits per heavy atom. The van der Waals surface area contributed by atoms with Crippen LogP contribution in [0.5, 0.6) is 0 Å². The fourth-order valence-corrected chi connectivity index (χ4v) is 5.74. The zero-order chi connectivity index (χ0) is 14.4. The highest BCUT2D eigenvalue weighted by Crippen LogP contribution is 2.37. The molecule has 0 aromatic heterocycles. The molecule has 3 nitrogen and oxygen atoms in total. The number of fused-ring (bicyclic) bond motifs is 3. The fourth-order valence-electron chi connectivity index (χ4n) is 5.74. The smallest absolute Gasteiger partial charge is 0.0224 e. The molecule has 4 rings (SSSR count). The van der Waals surface area contributed by atoms with Crippen LogP contribution in [-0.4, -0.2) is 71.6 Å². The molecular formula is C18H33N3. The number of nitrogens with zero attached hydrogens (tertiary/aromatic N) is 3. The number of rotatable bonds is 1. The Hall–Kier alpha value is -0.120. The van der Waals surface area contributed by atoms with Gasteiger partial charge in [-0.25, -0.2) is 0 Å². The Bertz CT molecular complexity index is 357. The van der Waals surface area contributed by atoms with Gasteiger partial charge >= 0.3 is 0 Å². The first-order valence-corrected chi connectivity index (χ1v) is 9.44. The van der Waals surface area contributed by atoms with Crippen molar-refractivity contribution in [2.24, 2.45) is 0 Å². The van der Waals surface area contributed by atoms with Crippen LogP contribution in [0.4, 0.5) is 0 Å². The van der Waals surface area contributed by atoms with Gasteiger partial charge in [0.2, 0.25) is 0 Å². The maximum Gasteiger partial charge on any atom is 0.0224 e. The normalized spacial score (nSPS) is 46.3. The number of hydrogen-bond donors (Lipinski definition) is 0. The van der Waals surface area contributed by atoms with E-state index in [2.05, 4.69) is 28.7 Å². The van der Waals surface area contributed by atoms with Crippen molar-refractivity contribution in [1.29, 1.82) is 0 Å². The average Bonchev–Trinajstić information content (AvgIpc) is 2.46. The summed E-state index contributed by atoms with van der Waals surface area (Å²) in [6, 6.07) is 4.26. The fraction of sp³-hybridized carbons (Fsp3) is 1.00. The van der Waals surface area contributed by atoms with Crippen molar-refractivity contribution in [2.45, 2.75) is 88.5 Å². The minimum absolute atomic E-state index is 0.772. The highest BCUT2D eigenvalue weighted by molar-refractivity contribution is 4.98. The predicted octanol–water partition coefficient (Wildman–Crippen LogP) is 2.56. The Morgan fingerprint density at radius 3 is 2.24 bits per heavy atom. The second-order valence-electron chi connectivity index (χ2n) is 8.22. The van der Waals surface area contributed by atoms with Crippen LogP contribution in [0.3, 0.4) is 0 Å². The second kappa shape index (κ2) is 5.82. The van der Waals surface area contributed by atoms with Crippen LogP contribution in [0.25, 0.3) is 0 Å². The van der Waals surface area contributed by atoms with Crippen molar-refractivity contribution < 1.29 is 0 Å². The van der Waals surface area contributed by atoms with E-state index in [1.165, 1.54) is 71.0 Å². The van der Waals surface area contributed by atoms with Crippen LogP contribution in [0.2, 0.25) is 0 Å². The van der Waals surface area contributed by atoms with Gasteiger partial charge in [0.15, 0.2) is 0 Å². The standard InChI is InChI=1S/C18H33N3/c1-14-12-20-9-4-3-6-17(20)13-21(14)18-10-15-7-5-8-16(11-18)19(15)2/h14-18H,3-13H2,1-2H3. The summed E-state index contributed by atoms with van der Waals surface area (Å²) < 4.78 is 0. The van der Waals surface area contributed by atoms with Crippen molar-refractivity contribution in [3.8, 4) is 0 Å². The highest BCUT2D eigenvalue weighted by atomic mass is 15.3. The Kier molecular flexibility index (Phi) is 4.01. The van der Waals surface area contributed by atoms with E-state index in [1.807, 2.05) is 0 Å². The first-order valence-electron chi connectivity index (χ1n) is 9.44. The third kappa shape index (κ3) is 2.66. The van der Waals surface area contributed by atoms with Gasteiger partial charge in [-0.3, -0.25) is 9.80 Å². The lowest BCUT2D eigenvalue weighted by atomic mass is 9.80. The van der Waals surface area contributed by atoms with Gasteiger partial charge in [-0.1, -0.05) is 12.8 Å². The van der Waals surface area contributed by atoms with Gasteiger partial charge < -0.3 is 4.90 Å². The van der Waals surface area contributed by atoms with Crippen molar-refractivity contribution in [3.63, 3.8) is 0 Å². The highest BCUT2D eigenvalue weighted by Gasteiger charge is 2.42. The van der Waals surface area contributed by atoms with Crippen LogP contribution in [0, 0.1) is 0 Å².